The van der Waals surface area contributed by atoms with E-state index in [2.05, 4.69) is 65.8 Å². The van der Waals surface area contributed by atoms with Gasteiger partial charge in [-0.05, 0) is 189 Å². The molecular formula is C86H150O39Si10. The van der Waals surface area contributed by atoms with Crippen LogP contribution >= 0.6 is 0 Å². The minimum Gasteiger partial charge on any atom is -0.462 e. The van der Waals surface area contributed by atoms with E-state index in [0.29, 0.717) is 0 Å². The van der Waals surface area contributed by atoms with Crippen LogP contribution in [0.2, 0.25) is 60.4 Å². The predicted octanol–water partition coefficient (Wildman–Crippen LogP) is 14.0. The summed E-state index contributed by atoms with van der Waals surface area (Å²) in [7, 11) is -54.3. The minimum absolute atomic E-state index is 0.00209. The number of ether oxygens (including phenoxy) is 10. The largest absolute Gasteiger partial charge is 0.493 e. The van der Waals surface area contributed by atoms with Crippen molar-refractivity contribution in [2.45, 2.75) is 249 Å². The number of carbonyl (C=O) groups is 10. The second-order valence-electron chi connectivity index (χ2n) is 31.6. The van der Waals surface area contributed by atoms with Crippen LogP contribution in [0.15, 0.2) is 122 Å². The third-order valence-electron chi connectivity index (χ3n) is 18.4. The monoisotopic (exact) mass is 2090 g/mol. The molecule has 2 bridgehead atoms. The molecule has 2 aliphatic heterocycles. The van der Waals surface area contributed by atoms with Crippen LogP contribution in [0.3, 0.4) is 0 Å². The SMILES string of the molecule is C=C(C)C(=O)OCCC[Si](OCC)(OCC)O[Si]1(CCCOC(=O)C(=C)C)O[Si](CCCOC(=O)C(=C)C)(O[Si](CCCOC(=O)C(=C)C)(OCC)OCC)O[Si]2(CCCOC(=O)C(=C)C)O[Si](CCCOC(=O)C(=C)C)(O[Si](CCCOC(=O)C(=C)C)(OCC)OCC)O[Si](CCCOC(=O)C(=C)C)(O[Si](CCCOC(=O)C(=C)C)(OCC)OCC)O[Si](CCCOC(=O)C(=C)C)(O1)O2. The molecule has 768 valence electrons. The molecule has 0 N–H and O–H groups in total. The Morgan fingerprint density at radius 2 is 0.333 bits per heavy atom. The van der Waals surface area contributed by atoms with Gasteiger partial charge in [0, 0.05) is 169 Å². The summed E-state index contributed by atoms with van der Waals surface area (Å²) in [5.41, 5.74) is 0.294. The third kappa shape index (κ3) is 44.9. The van der Waals surface area contributed by atoms with Crippen molar-refractivity contribution in [1.29, 1.82) is 0 Å². The van der Waals surface area contributed by atoms with Gasteiger partial charge in [0.1, 0.15) is 0 Å². The number of carbonyl (C=O) groups excluding carboxylic acids is 10. The maximum atomic E-state index is 14.0. The fraction of sp³-hybridized carbons (Fsp3) is 0.651. The molecule has 0 saturated carbocycles. The second kappa shape index (κ2) is 62.6. The zero-order valence-corrected chi connectivity index (χ0v) is 92.9. The molecule has 0 spiro atoms. The van der Waals surface area contributed by atoms with Crippen molar-refractivity contribution in [1.82, 2.24) is 0 Å². The Morgan fingerprint density at radius 3 is 0.467 bits per heavy atom. The van der Waals surface area contributed by atoms with Crippen molar-refractivity contribution in [2.24, 2.45) is 0 Å². The summed E-state index contributed by atoms with van der Waals surface area (Å²) in [6.07, 6.45) is -2.26. The molecule has 4 unspecified atom stereocenters. The average molecular weight is 2090 g/mol. The van der Waals surface area contributed by atoms with Crippen LogP contribution in [0.25, 0.3) is 0 Å². The lowest BCUT2D eigenvalue weighted by Gasteiger charge is -2.57. The zero-order chi connectivity index (χ0) is 102. The summed E-state index contributed by atoms with van der Waals surface area (Å²) < 4.78 is 206. The van der Waals surface area contributed by atoms with Gasteiger partial charge in [-0.1, -0.05) is 65.8 Å². The summed E-state index contributed by atoms with van der Waals surface area (Å²) in [5.74, 6) is -7.96. The van der Waals surface area contributed by atoms with E-state index < -0.39 is 224 Å². The Balaban J connectivity index is 4.52. The molecule has 4 atom stereocenters. The summed E-state index contributed by atoms with van der Waals surface area (Å²) >= 11 is 0. The van der Waals surface area contributed by atoms with Crippen molar-refractivity contribution in [3.05, 3.63) is 122 Å². The zero-order valence-electron chi connectivity index (χ0n) is 82.9. The van der Waals surface area contributed by atoms with Crippen molar-refractivity contribution >= 4 is 148 Å². The van der Waals surface area contributed by atoms with Gasteiger partial charge < -0.3 is 128 Å². The normalized spacial score (nSPS) is 19.6. The molecule has 0 aliphatic carbocycles. The van der Waals surface area contributed by atoms with Crippen LogP contribution < -0.4 is 0 Å². The van der Waals surface area contributed by atoms with Gasteiger partial charge in [0.25, 0.3) is 0 Å². The molecule has 2 aliphatic rings. The first kappa shape index (κ1) is 125. The summed E-state index contributed by atoms with van der Waals surface area (Å²) in [4.78, 5) is 137. The Morgan fingerprint density at radius 1 is 0.200 bits per heavy atom. The van der Waals surface area contributed by atoms with Gasteiger partial charge in [-0.3, -0.25) is 0 Å². The highest BCUT2D eigenvalue weighted by atomic mass is 28.6. The first-order valence-electron chi connectivity index (χ1n) is 45.6. The van der Waals surface area contributed by atoms with E-state index in [1.165, 1.54) is 69.2 Å². The summed E-state index contributed by atoms with van der Waals surface area (Å²) in [6.45, 7) is 60.5. The topological polar surface area (TPSA) is 438 Å². The molecule has 49 heteroatoms. The Labute approximate surface area is 808 Å². The first-order chi connectivity index (χ1) is 63.5. The fourth-order valence-electron chi connectivity index (χ4n) is 12.6. The molecule has 0 aromatic heterocycles. The lowest BCUT2D eigenvalue weighted by Crippen LogP contribution is -2.81. The van der Waals surface area contributed by atoms with Crippen molar-refractivity contribution in [2.75, 3.05) is 119 Å². The van der Waals surface area contributed by atoms with E-state index in [4.69, 9.17) is 128 Å². The Kier molecular flexibility index (Phi) is 57.8. The molecule has 135 heavy (non-hydrogen) atoms. The van der Waals surface area contributed by atoms with Crippen molar-refractivity contribution < 1.29 is 176 Å². The number of hydrogen-bond acceptors (Lipinski definition) is 39. The lowest BCUT2D eigenvalue weighted by atomic mass is 10.4. The van der Waals surface area contributed by atoms with Gasteiger partial charge in [-0.15, -0.1) is 0 Å². The van der Waals surface area contributed by atoms with E-state index in [1.54, 1.807) is 55.4 Å². The highest BCUT2D eigenvalue weighted by molar-refractivity contribution is 6.98. The molecule has 0 amide bonds. The maximum absolute atomic E-state index is 14.0. The van der Waals surface area contributed by atoms with E-state index >= 15 is 0 Å². The molecule has 2 fully saturated rings. The third-order valence-corrected chi connectivity index (χ3v) is 61.3. The van der Waals surface area contributed by atoms with Crippen LogP contribution in [0.5, 0.6) is 0 Å². The molecule has 0 aromatic carbocycles. The molecule has 2 rings (SSSR count). The quantitative estimate of drug-likeness (QED) is 0.0179. The van der Waals surface area contributed by atoms with Crippen molar-refractivity contribution in [3.63, 3.8) is 0 Å². The number of esters is 10. The summed E-state index contributed by atoms with van der Waals surface area (Å²) in [6, 6.07) is -4.44. The number of fused-ring (bicyclic) bond motifs is 2. The van der Waals surface area contributed by atoms with Crippen molar-refractivity contribution in [3.8, 4) is 0 Å². The van der Waals surface area contributed by atoms with Gasteiger partial charge in [0.15, 0.2) is 0 Å². The van der Waals surface area contributed by atoms with Gasteiger partial charge >= 0.3 is 148 Å². The van der Waals surface area contributed by atoms with Crippen LogP contribution in [-0.2, 0) is 176 Å². The van der Waals surface area contributed by atoms with Gasteiger partial charge in [-0.2, -0.15) is 0 Å². The second-order valence-corrected chi connectivity index (χ2v) is 61.6. The van der Waals surface area contributed by atoms with Gasteiger partial charge in [0.05, 0.1) is 66.1 Å². The van der Waals surface area contributed by atoms with E-state index in [-0.39, 0.29) is 223 Å². The standard InChI is InChI=1S/C86H150O39Si10/c1-29-107-126(108-30-2,57-37-47-97-77(87)67(9)10)115-130(61-41-51-101-81(91)71(17)18)119-131(62-42-52-102-82(92)72(19)20,116-127(109-31-3,110-32-4)58-38-48-98-78(88)68(11)12)122-135(66-46-56-106-86(96)76(27)28)124-133(64-44-54-104-84(94)74(23)24,118-129(113-35-7,114-36-8)60-40-50-100-80(90)70(15)16)120-132(63-43-53-103-83(93)73(21)22,123-134(121-130,125-135)65-45-55-105-85(95)75(25)26)117-128(111-33-5,112-34-6)59-39-49-99-79(89)69(13)14/h9,11,13,15,17,19,21,23,25,27,29-66H2,1-8,10,12,14,16,18,20,22,24,26,28H3. The fourth-order valence-corrected chi connectivity index (χ4v) is 64.9. The van der Waals surface area contributed by atoms with Crippen LogP contribution in [0.1, 0.15) is 189 Å². The molecule has 39 nitrogen and oxygen atoms in total. The first-order valence-corrected chi connectivity index (χ1v) is 64.9. The van der Waals surface area contributed by atoms with Crippen LogP contribution in [-0.4, -0.2) is 267 Å². The lowest BCUT2D eigenvalue weighted by molar-refractivity contribution is -0.139. The Hall–Kier alpha value is -6.49. The molecule has 2 heterocycles. The van der Waals surface area contributed by atoms with E-state index in [0.717, 1.165) is 0 Å². The molecule has 2 saturated heterocycles. The summed E-state index contributed by atoms with van der Waals surface area (Å²) in [5, 5.41) is 0. The molecule has 0 aromatic rings. The van der Waals surface area contributed by atoms with Crippen LogP contribution in [0.4, 0.5) is 0 Å². The molecular weight excluding hydrogens is 1940 g/mol. The number of hydrogen-bond donors (Lipinski definition) is 0. The van der Waals surface area contributed by atoms with Gasteiger partial charge in [-0.25, -0.2) is 47.9 Å². The van der Waals surface area contributed by atoms with E-state index in [1.807, 2.05) is 0 Å². The Bertz CT molecular complexity index is 3520. The van der Waals surface area contributed by atoms with Crippen LogP contribution in [0, 0.1) is 0 Å². The number of rotatable bonds is 74. The highest BCUT2D eigenvalue weighted by Crippen LogP contribution is 2.50. The average Bonchev–Trinajstić information content (AvgIpc) is 0.710. The van der Waals surface area contributed by atoms with E-state index in [9.17, 15) is 47.9 Å². The van der Waals surface area contributed by atoms with Gasteiger partial charge in [0.2, 0.25) is 0 Å². The highest BCUT2D eigenvalue weighted by Gasteiger charge is 2.77. The minimum atomic E-state index is -5.91. The maximum Gasteiger partial charge on any atom is 0.493 e. The predicted molar refractivity (Wildman–Crippen MR) is 514 cm³/mol. The molecule has 0 radical (unpaired) electrons. The smallest absolute Gasteiger partial charge is 0.462 e.